The van der Waals surface area contributed by atoms with Gasteiger partial charge in [-0.3, -0.25) is 0 Å². The monoisotopic (exact) mass is 413 g/mol. The summed E-state index contributed by atoms with van der Waals surface area (Å²) in [5.41, 5.74) is 7.32. The van der Waals surface area contributed by atoms with Crippen molar-refractivity contribution in [3.63, 3.8) is 0 Å². The van der Waals surface area contributed by atoms with Gasteiger partial charge in [-0.1, -0.05) is 92.7 Å². The maximum atomic E-state index is 4.92. The van der Waals surface area contributed by atoms with E-state index in [1.165, 1.54) is 27.6 Å². The molecule has 0 fully saturated rings. The van der Waals surface area contributed by atoms with E-state index in [1.807, 2.05) is 6.92 Å². The van der Waals surface area contributed by atoms with E-state index in [0.717, 1.165) is 28.2 Å². The molecule has 0 amide bonds. The number of rotatable bonds is 2. The molecule has 0 aliphatic heterocycles. The molecular formula is C29H23N3. The van der Waals surface area contributed by atoms with Crippen molar-refractivity contribution < 1.29 is 0 Å². The molecule has 154 valence electrons. The van der Waals surface area contributed by atoms with Gasteiger partial charge >= 0.3 is 0 Å². The third-order valence-electron chi connectivity index (χ3n) is 6.62. The van der Waals surface area contributed by atoms with Gasteiger partial charge in [0.1, 0.15) is 5.82 Å². The van der Waals surface area contributed by atoms with Crippen molar-refractivity contribution in [2.75, 3.05) is 0 Å². The van der Waals surface area contributed by atoms with Gasteiger partial charge in [-0.25, -0.2) is 15.0 Å². The number of fused-ring (bicyclic) bond motifs is 4. The summed E-state index contributed by atoms with van der Waals surface area (Å²) in [7, 11) is 0. The predicted molar refractivity (Wildman–Crippen MR) is 131 cm³/mol. The van der Waals surface area contributed by atoms with Crippen LogP contribution in [0.5, 0.6) is 0 Å². The second-order valence-corrected chi connectivity index (χ2v) is 8.99. The molecule has 0 saturated carbocycles. The molecule has 1 aromatic heterocycles. The minimum atomic E-state index is -0.0531. The molecule has 3 nitrogen and oxygen atoms in total. The topological polar surface area (TPSA) is 38.7 Å². The zero-order chi connectivity index (χ0) is 21.9. The second-order valence-electron chi connectivity index (χ2n) is 8.99. The molecule has 0 unspecified atom stereocenters. The van der Waals surface area contributed by atoms with Crippen molar-refractivity contribution in [1.82, 2.24) is 15.0 Å². The zero-order valence-corrected chi connectivity index (χ0v) is 18.4. The lowest BCUT2D eigenvalue weighted by atomic mass is 9.82. The highest BCUT2D eigenvalue weighted by Crippen LogP contribution is 2.49. The van der Waals surface area contributed by atoms with Crippen LogP contribution in [0.2, 0.25) is 0 Å². The van der Waals surface area contributed by atoms with E-state index in [1.54, 1.807) is 0 Å². The minimum absolute atomic E-state index is 0.0531. The molecule has 1 heterocycles. The largest absolute Gasteiger partial charge is 0.213 e. The first-order chi connectivity index (χ1) is 15.5. The molecule has 0 radical (unpaired) electrons. The number of benzene rings is 4. The summed E-state index contributed by atoms with van der Waals surface area (Å²) in [6, 6.07) is 29.9. The van der Waals surface area contributed by atoms with Crippen LogP contribution in [0.15, 0.2) is 84.9 Å². The summed E-state index contributed by atoms with van der Waals surface area (Å²) >= 11 is 0. The van der Waals surface area contributed by atoms with Crippen molar-refractivity contribution in [2.45, 2.75) is 26.2 Å². The first-order valence-electron chi connectivity index (χ1n) is 11.0. The Morgan fingerprint density at radius 2 is 1.28 bits per heavy atom. The van der Waals surface area contributed by atoms with E-state index in [2.05, 4.69) is 98.8 Å². The predicted octanol–water partition coefficient (Wildman–Crippen LogP) is 6.97. The van der Waals surface area contributed by atoms with Gasteiger partial charge in [-0.2, -0.15) is 0 Å². The van der Waals surface area contributed by atoms with Crippen molar-refractivity contribution in [1.29, 1.82) is 0 Å². The number of aryl methyl sites for hydroxylation is 1. The number of hydrogen-bond acceptors (Lipinski definition) is 3. The maximum absolute atomic E-state index is 4.92. The summed E-state index contributed by atoms with van der Waals surface area (Å²) in [4.78, 5) is 14.3. The van der Waals surface area contributed by atoms with Crippen LogP contribution in [0, 0.1) is 6.92 Å². The summed E-state index contributed by atoms with van der Waals surface area (Å²) in [5, 5.41) is 2.33. The van der Waals surface area contributed by atoms with E-state index < -0.39 is 0 Å². The molecule has 4 aromatic carbocycles. The molecule has 0 N–H and O–H groups in total. The van der Waals surface area contributed by atoms with Crippen LogP contribution in [0.4, 0.5) is 0 Å². The Morgan fingerprint density at radius 1 is 0.594 bits per heavy atom. The first-order valence-corrected chi connectivity index (χ1v) is 11.0. The lowest BCUT2D eigenvalue weighted by Crippen LogP contribution is -2.15. The Balaban J connectivity index is 1.51. The lowest BCUT2D eigenvalue weighted by Gasteiger charge is -2.21. The maximum Gasteiger partial charge on any atom is 0.164 e. The molecule has 0 bridgehead atoms. The van der Waals surface area contributed by atoms with Gasteiger partial charge in [0, 0.05) is 16.5 Å². The fourth-order valence-corrected chi connectivity index (χ4v) is 5.00. The molecule has 1 aliphatic carbocycles. The van der Waals surface area contributed by atoms with Crippen molar-refractivity contribution >= 4 is 10.8 Å². The van der Waals surface area contributed by atoms with Gasteiger partial charge in [0.25, 0.3) is 0 Å². The molecular weight excluding hydrogens is 390 g/mol. The van der Waals surface area contributed by atoms with Gasteiger partial charge in [0.15, 0.2) is 11.6 Å². The van der Waals surface area contributed by atoms with Crippen LogP contribution < -0.4 is 0 Å². The summed E-state index contributed by atoms with van der Waals surface area (Å²) in [5.74, 6) is 2.16. The summed E-state index contributed by atoms with van der Waals surface area (Å²) in [6.45, 7) is 6.52. The van der Waals surface area contributed by atoms with Gasteiger partial charge < -0.3 is 0 Å². The van der Waals surface area contributed by atoms with Gasteiger partial charge in [-0.15, -0.1) is 0 Å². The van der Waals surface area contributed by atoms with Gasteiger partial charge in [0.05, 0.1) is 0 Å². The number of nitrogens with zero attached hydrogens (tertiary/aromatic N) is 3. The average molecular weight is 414 g/mol. The Hall–Kier alpha value is -3.85. The highest BCUT2D eigenvalue weighted by Gasteiger charge is 2.35. The first kappa shape index (κ1) is 18.9. The lowest BCUT2D eigenvalue weighted by molar-refractivity contribution is 0.660. The third-order valence-corrected chi connectivity index (χ3v) is 6.62. The number of hydrogen-bond donors (Lipinski definition) is 0. The minimum Gasteiger partial charge on any atom is -0.213 e. The van der Waals surface area contributed by atoms with Gasteiger partial charge in [-0.05, 0) is 46.0 Å². The van der Waals surface area contributed by atoms with E-state index in [4.69, 9.17) is 15.0 Å². The molecule has 1 aliphatic rings. The van der Waals surface area contributed by atoms with Crippen LogP contribution in [-0.4, -0.2) is 15.0 Å². The highest BCUT2D eigenvalue weighted by molar-refractivity contribution is 5.95. The molecule has 0 atom stereocenters. The van der Waals surface area contributed by atoms with E-state index in [-0.39, 0.29) is 5.41 Å². The molecule has 6 rings (SSSR count). The molecule has 0 spiro atoms. The normalized spacial score (nSPS) is 13.7. The molecule has 3 heteroatoms. The Labute approximate surface area is 187 Å². The molecule has 0 saturated heterocycles. The van der Waals surface area contributed by atoms with Crippen molar-refractivity contribution in [3.8, 4) is 33.9 Å². The van der Waals surface area contributed by atoms with Crippen LogP contribution in [-0.2, 0) is 5.41 Å². The zero-order valence-electron chi connectivity index (χ0n) is 18.4. The van der Waals surface area contributed by atoms with Crippen molar-refractivity contribution in [3.05, 3.63) is 102 Å². The Kier molecular flexibility index (Phi) is 4.03. The number of aromatic nitrogens is 3. The van der Waals surface area contributed by atoms with Crippen LogP contribution in [0.3, 0.4) is 0 Å². The quantitative estimate of drug-likeness (QED) is 0.313. The summed E-state index contributed by atoms with van der Waals surface area (Å²) < 4.78 is 0. The smallest absolute Gasteiger partial charge is 0.164 e. The Bertz CT molecular complexity index is 1510. The average Bonchev–Trinajstić information content (AvgIpc) is 3.05. The second kappa shape index (κ2) is 6.83. The van der Waals surface area contributed by atoms with Crippen LogP contribution in [0.1, 0.15) is 30.8 Å². The fraction of sp³-hybridized carbons (Fsp3) is 0.138. The Morgan fingerprint density at radius 3 is 2.19 bits per heavy atom. The fourth-order valence-electron chi connectivity index (χ4n) is 5.00. The van der Waals surface area contributed by atoms with Crippen LogP contribution in [0.25, 0.3) is 44.7 Å². The van der Waals surface area contributed by atoms with Crippen molar-refractivity contribution in [2.24, 2.45) is 0 Å². The van der Waals surface area contributed by atoms with Crippen LogP contribution >= 0.6 is 0 Å². The molecule has 5 aromatic rings. The third kappa shape index (κ3) is 2.78. The van der Waals surface area contributed by atoms with E-state index in [0.29, 0.717) is 5.82 Å². The standard InChI is InChI=1S/C29H23N3/c1-18-30-27(32-28(31-18)24-13-8-10-19-9-4-5-11-21(19)24)20-15-16-23-22-12-6-7-14-25(22)29(2,3)26(23)17-20/h4-17H,1-3H3. The van der Waals surface area contributed by atoms with E-state index in [9.17, 15) is 0 Å². The SMILES string of the molecule is Cc1nc(-c2ccc3c(c2)C(C)(C)c2ccccc2-3)nc(-c2cccc3ccccc23)n1. The van der Waals surface area contributed by atoms with E-state index >= 15 is 0 Å². The molecule has 32 heavy (non-hydrogen) atoms. The summed E-state index contributed by atoms with van der Waals surface area (Å²) in [6.07, 6.45) is 0. The van der Waals surface area contributed by atoms with Gasteiger partial charge in [0.2, 0.25) is 0 Å². The highest BCUT2D eigenvalue weighted by atomic mass is 15.0.